The lowest BCUT2D eigenvalue weighted by atomic mass is 9.96. The molecule has 1 fully saturated rings. The van der Waals surface area contributed by atoms with Crippen molar-refractivity contribution in [2.24, 2.45) is 4.99 Å². The quantitative estimate of drug-likeness (QED) is 0.874. The maximum absolute atomic E-state index is 6.22. The molecule has 0 aromatic heterocycles. The molecule has 0 saturated carbocycles. The molecule has 2 rings (SSSR count). The number of thioether (sulfide) groups is 1. The summed E-state index contributed by atoms with van der Waals surface area (Å²) in [6.07, 6.45) is 2.27. The molecule has 1 unspecified atom stereocenters. The van der Waals surface area contributed by atoms with Crippen LogP contribution in [0.2, 0.25) is 5.02 Å². The van der Waals surface area contributed by atoms with Gasteiger partial charge in [0.05, 0.1) is 6.04 Å². The predicted molar refractivity (Wildman–Crippen MR) is 86.2 cm³/mol. The van der Waals surface area contributed by atoms with Crippen molar-refractivity contribution in [3.8, 4) is 0 Å². The molecule has 0 radical (unpaired) electrons. The van der Waals surface area contributed by atoms with E-state index in [0.717, 1.165) is 34.3 Å². The lowest BCUT2D eigenvalue weighted by Crippen LogP contribution is -2.42. The summed E-state index contributed by atoms with van der Waals surface area (Å²) in [6, 6.07) is 8.02. The van der Waals surface area contributed by atoms with Crippen LogP contribution in [-0.2, 0) is 0 Å². The van der Waals surface area contributed by atoms with Crippen LogP contribution in [0, 0.1) is 0 Å². The van der Waals surface area contributed by atoms with E-state index >= 15 is 0 Å². The first kappa shape index (κ1) is 14.7. The fourth-order valence-electron chi connectivity index (χ4n) is 2.27. The second kappa shape index (κ2) is 6.19. The van der Waals surface area contributed by atoms with Crippen LogP contribution < -0.4 is 5.32 Å². The van der Waals surface area contributed by atoms with Crippen LogP contribution in [0.4, 0.5) is 0 Å². The third-order valence-electron chi connectivity index (χ3n) is 3.88. The molecule has 1 heterocycles. The summed E-state index contributed by atoms with van der Waals surface area (Å²) in [4.78, 5) is 4.78. The lowest BCUT2D eigenvalue weighted by molar-refractivity contribution is 0.407. The molecular weight excluding hydrogens is 276 g/mol. The normalized spacial score (nSPS) is 21.4. The Morgan fingerprint density at radius 3 is 2.63 bits per heavy atom. The van der Waals surface area contributed by atoms with Crippen LogP contribution >= 0.6 is 23.4 Å². The van der Waals surface area contributed by atoms with E-state index in [1.165, 1.54) is 0 Å². The zero-order valence-electron chi connectivity index (χ0n) is 11.7. The minimum absolute atomic E-state index is 0.0909. The summed E-state index contributed by atoms with van der Waals surface area (Å²) in [6.45, 7) is 6.56. The van der Waals surface area contributed by atoms with Gasteiger partial charge in [-0.05, 0) is 31.4 Å². The number of aliphatic imine (C=N–C) groups is 1. The molecule has 2 nitrogen and oxygen atoms in total. The Morgan fingerprint density at radius 2 is 2.05 bits per heavy atom. The first-order valence-electron chi connectivity index (χ1n) is 6.83. The number of halogens is 1. The molecule has 1 aliphatic rings. The van der Waals surface area contributed by atoms with E-state index < -0.39 is 0 Å². The van der Waals surface area contributed by atoms with Gasteiger partial charge in [0.1, 0.15) is 0 Å². The van der Waals surface area contributed by atoms with Gasteiger partial charge in [-0.2, -0.15) is 0 Å². The molecule has 1 N–H and O–H groups in total. The van der Waals surface area contributed by atoms with E-state index in [1.54, 1.807) is 0 Å². The van der Waals surface area contributed by atoms with E-state index in [-0.39, 0.29) is 11.6 Å². The molecule has 4 heteroatoms. The number of rotatable bonds is 4. The van der Waals surface area contributed by atoms with Gasteiger partial charge in [0, 0.05) is 16.3 Å². The number of hydrogen-bond donors (Lipinski definition) is 1. The number of nitrogens with zero attached hydrogens (tertiary/aromatic N) is 1. The first-order valence-corrected chi connectivity index (χ1v) is 8.20. The van der Waals surface area contributed by atoms with Crippen LogP contribution in [0.3, 0.4) is 0 Å². The third-order valence-corrected chi connectivity index (χ3v) is 5.40. The Morgan fingerprint density at radius 1 is 1.37 bits per heavy atom. The third kappa shape index (κ3) is 3.26. The first-order chi connectivity index (χ1) is 9.10. The summed E-state index contributed by atoms with van der Waals surface area (Å²) >= 11 is 8.04. The van der Waals surface area contributed by atoms with Crippen molar-refractivity contribution in [3.63, 3.8) is 0 Å². The molecule has 1 atom stereocenters. The summed E-state index contributed by atoms with van der Waals surface area (Å²) in [5.74, 6) is 1.11. The van der Waals surface area contributed by atoms with Crippen LogP contribution in [0.15, 0.2) is 29.3 Å². The van der Waals surface area contributed by atoms with Crippen molar-refractivity contribution in [2.45, 2.75) is 45.2 Å². The molecule has 0 aliphatic carbocycles. The average molecular weight is 297 g/mol. The number of amidine groups is 1. The lowest BCUT2D eigenvalue weighted by Gasteiger charge is -2.25. The van der Waals surface area contributed by atoms with Gasteiger partial charge in [-0.15, -0.1) is 0 Å². The molecule has 19 heavy (non-hydrogen) atoms. The van der Waals surface area contributed by atoms with Crippen LogP contribution in [0.5, 0.6) is 0 Å². The Hall–Kier alpha value is -0.670. The van der Waals surface area contributed by atoms with Gasteiger partial charge in [0.2, 0.25) is 0 Å². The van der Waals surface area contributed by atoms with Gasteiger partial charge >= 0.3 is 0 Å². The highest BCUT2D eigenvalue weighted by Gasteiger charge is 2.33. The van der Waals surface area contributed by atoms with Gasteiger partial charge < -0.3 is 5.32 Å². The second-order valence-electron chi connectivity index (χ2n) is 5.03. The molecule has 0 amide bonds. The maximum atomic E-state index is 6.22. The van der Waals surface area contributed by atoms with Crippen molar-refractivity contribution >= 4 is 28.5 Å². The standard InChI is InChI=1S/C15H21ClN2S/c1-4-15(5-2)10-19-14(18-15)17-11(3)12-8-6-7-9-13(12)16/h6-9,11H,4-5,10H2,1-3H3,(H,17,18). The highest BCUT2D eigenvalue weighted by atomic mass is 35.5. The van der Waals surface area contributed by atoms with Gasteiger partial charge in [0.25, 0.3) is 0 Å². The minimum atomic E-state index is 0.0909. The maximum Gasteiger partial charge on any atom is 0.157 e. The fourth-order valence-corrected chi connectivity index (χ4v) is 3.97. The van der Waals surface area contributed by atoms with Crippen LogP contribution in [0.25, 0.3) is 0 Å². The summed E-state index contributed by atoms with van der Waals surface area (Å²) in [7, 11) is 0. The zero-order valence-corrected chi connectivity index (χ0v) is 13.3. The van der Waals surface area contributed by atoms with Gasteiger partial charge in [0.15, 0.2) is 5.17 Å². The van der Waals surface area contributed by atoms with Gasteiger partial charge in [-0.25, -0.2) is 0 Å². The zero-order chi connectivity index (χ0) is 13.9. The number of hydrogen-bond acceptors (Lipinski definition) is 2. The fraction of sp³-hybridized carbons (Fsp3) is 0.533. The summed E-state index contributed by atoms with van der Waals surface area (Å²) in [5, 5.41) is 5.44. The van der Waals surface area contributed by atoms with Crippen molar-refractivity contribution in [1.29, 1.82) is 0 Å². The molecule has 104 valence electrons. The SMILES string of the molecule is CCC1(CC)CSC(=NC(C)c2ccccc2Cl)N1. The van der Waals surface area contributed by atoms with Gasteiger partial charge in [-0.1, -0.05) is 55.4 Å². The van der Waals surface area contributed by atoms with Crippen LogP contribution in [0.1, 0.15) is 45.2 Å². The Bertz CT molecular complexity index is 469. The highest BCUT2D eigenvalue weighted by Crippen LogP contribution is 2.31. The number of nitrogens with one attached hydrogen (secondary N) is 1. The molecule has 1 aliphatic heterocycles. The summed E-state index contributed by atoms with van der Waals surface area (Å²) < 4.78 is 0. The molecule has 1 aromatic rings. The number of benzene rings is 1. The van der Waals surface area contributed by atoms with Crippen molar-refractivity contribution < 1.29 is 0 Å². The molecule has 0 spiro atoms. The van der Waals surface area contributed by atoms with E-state index in [9.17, 15) is 0 Å². The molecular formula is C15H21ClN2S. The van der Waals surface area contributed by atoms with E-state index in [2.05, 4.69) is 26.1 Å². The smallest absolute Gasteiger partial charge is 0.157 e. The average Bonchev–Trinajstić information content (AvgIpc) is 2.83. The molecule has 1 saturated heterocycles. The molecule has 1 aromatic carbocycles. The monoisotopic (exact) mass is 296 g/mol. The van der Waals surface area contributed by atoms with Crippen LogP contribution in [-0.4, -0.2) is 16.5 Å². The largest absolute Gasteiger partial charge is 0.359 e. The Labute approximate surface area is 125 Å². The topological polar surface area (TPSA) is 24.4 Å². The van der Waals surface area contributed by atoms with Crippen molar-refractivity contribution in [1.82, 2.24) is 5.32 Å². The Balaban J connectivity index is 2.13. The van der Waals surface area contributed by atoms with Crippen molar-refractivity contribution in [3.05, 3.63) is 34.9 Å². The Kier molecular flexibility index (Phi) is 4.80. The second-order valence-corrected chi connectivity index (χ2v) is 6.40. The molecule has 0 bridgehead atoms. The van der Waals surface area contributed by atoms with E-state index in [1.807, 2.05) is 36.0 Å². The van der Waals surface area contributed by atoms with E-state index in [4.69, 9.17) is 16.6 Å². The highest BCUT2D eigenvalue weighted by molar-refractivity contribution is 8.14. The van der Waals surface area contributed by atoms with Crippen molar-refractivity contribution in [2.75, 3.05) is 5.75 Å². The van der Waals surface area contributed by atoms with E-state index in [0.29, 0.717) is 0 Å². The summed E-state index contributed by atoms with van der Waals surface area (Å²) in [5.41, 5.74) is 1.31. The minimum Gasteiger partial charge on any atom is -0.359 e. The predicted octanol–water partition coefficient (Wildman–Crippen LogP) is 4.65. The van der Waals surface area contributed by atoms with Gasteiger partial charge in [-0.3, -0.25) is 4.99 Å².